The summed E-state index contributed by atoms with van der Waals surface area (Å²) in [6, 6.07) is 4.53. The molecule has 1 spiro atoms. The molecule has 0 radical (unpaired) electrons. The Morgan fingerprint density at radius 2 is 1.72 bits per heavy atom. The van der Waals surface area contributed by atoms with Gasteiger partial charge in [-0.25, -0.2) is 0 Å². The number of amides is 2. The van der Waals surface area contributed by atoms with Crippen LogP contribution in [0.1, 0.15) is 43.2 Å². The van der Waals surface area contributed by atoms with Crippen LogP contribution < -0.4 is 0 Å². The van der Waals surface area contributed by atoms with Crippen LogP contribution in [-0.2, 0) is 22.2 Å². The summed E-state index contributed by atoms with van der Waals surface area (Å²) in [5.41, 5.74) is -0.806. The third-order valence-electron chi connectivity index (χ3n) is 5.20. The van der Waals surface area contributed by atoms with E-state index < -0.39 is 23.3 Å². The van der Waals surface area contributed by atoms with Crippen LogP contribution in [0.4, 0.5) is 13.2 Å². The number of aliphatic hydroxyl groups is 1. The number of hydrogen-bond donors (Lipinski definition) is 1. The standard InChI is InChI=1S/C18H20F3NO3/c19-18(20,21)13-5-3-12(4-6-13)9-14(23)11-22-15(24)10-17(16(22)25)7-1-2-8-17/h3-6,14,23H,1-2,7-11H2. The Balaban J connectivity index is 1.62. The molecule has 2 fully saturated rings. The molecule has 4 nitrogen and oxygen atoms in total. The molecule has 7 heteroatoms. The van der Waals surface area contributed by atoms with E-state index in [0.29, 0.717) is 18.4 Å². The summed E-state index contributed by atoms with van der Waals surface area (Å²) >= 11 is 0. The van der Waals surface area contributed by atoms with Gasteiger partial charge < -0.3 is 5.11 Å². The van der Waals surface area contributed by atoms with Gasteiger partial charge in [-0.15, -0.1) is 0 Å². The van der Waals surface area contributed by atoms with Crippen LogP contribution in [0, 0.1) is 5.41 Å². The van der Waals surface area contributed by atoms with Gasteiger partial charge in [-0.2, -0.15) is 13.2 Å². The number of halogens is 3. The van der Waals surface area contributed by atoms with Crippen LogP contribution in [0.5, 0.6) is 0 Å². The minimum absolute atomic E-state index is 0.0855. The van der Waals surface area contributed by atoms with Crippen LogP contribution >= 0.6 is 0 Å². The number of carbonyl (C=O) groups excluding carboxylic acids is 2. The maximum atomic E-state index is 12.6. The van der Waals surface area contributed by atoms with E-state index in [1.54, 1.807) is 0 Å². The van der Waals surface area contributed by atoms with Gasteiger partial charge in [-0.1, -0.05) is 25.0 Å². The summed E-state index contributed by atoms with van der Waals surface area (Å²) in [6.45, 7) is -0.111. The normalized spacial score (nSPS) is 21.4. The summed E-state index contributed by atoms with van der Waals surface area (Å²) in [7, 11) is 0. The van der Waals surface area contributed by atoms with Crippen molar-refractivity contribution in [1.82, 2.24) is 4.90 Å². The van der Waals surface area contributed by atoms with Gasteiger partial charge in [0.05, 0.1) is 23.6 Å². The zero-order chi connectivity index (χ0) is 18.2. The molecule has 1 aromatic rings. The maximum Gasteiger partial charge on any atom is 0.416 e. The van der Waals surface area contributed by atoms with Gasteiger partial charge >= 0.3 is 6.18 Å². The van der Waals surface area contributed by atoms with Gasteiger partial charge in [0.1, 0.15) is 0 Å². The van der Waals surface area contributed by atoms with Crippen molar-refractivity contribution in [1.29, 1.82) is 0 Å². The molecule has 1 aliphatic carbocycles. The molecule has 1 N–H and O–H groups in total. The fourth-order valence-corrected chi connectivity index (χ4v) is 3.86. The quantitative estimate of drug-likeness (QED) is 0.845. The van der Waals surface area contributed by atoms with E-state index in [4.69, 9.17) is 0 Å². The first-order valence-electron chi connectivity index (χ1n) is 8.40. The Kier molecular flexibility index (Phi) is 4.62. The third kappa shape index (κ3) is 3.56. The molecule has 1 saturated heterocycles. The van der Waals surface area contributed by atoms with Crippen LogP contribution in [0.3, 0.4) is 0 Å². The molecule has 0 bridgehead atoms. The molecule has 2 aliphatic rings. The van der Waals surface area contributed by atoms with Crippen molar-refractivity contribution in [2.75, 3.05) is 6.54 Å². The Bertz CT molecular complexity index is 663. The average molecular weight is 355 g/mol. The van der Waals surface area contributed by atoms with Gasteiger partial charge in [-0.05, 0) is 30.5 Å². The van der Waals surface area contributed by atoms with Crippen molar-refractivity contribution in [3.05, 3.63) is 35.4 Å². The molecule has 2 amide bonds. The summed E-state index contributed by atoms with van der Waals surface area (Å²) < 4.78 is 37.7. The largest absolute Gasteiger partial charge is 0.416 e. The maximum absolute atomic E-state index is 12.6. The first-order valence-corrected chi connectivity index (χ1v) is 8.40. The predicted octanol–water partition coefficient (Wildman–Crippen LogP) is 2.93. The van der Waals surface area contributed by atoms with Gasteiger partial charge in [0, 0.05) is 12.8 Å². The molecule has 1 aromatic carbocycles. The number of hydrogen-bond acceptors (Lipinski definition) is 3. The Labute approximate surface area is 143 Å². The Morgan fingerprint density at radius 1 is 1.12 bits per heavy atom. The summed E-state index contributed by atoms with van der Waals surface area (Å²) in [5, 5.41) is 10.2. The summed E-state index contributed by atoms with van der Waals surface area (Å²) in [4.78, 5) is 25.8. The van der Waals surface area contributed by atoms with Crippen molar-refractivity contribution in [3.63, 3.8) is 0 Å². The van der Waals surface area contributed by atoms with E-state index >= 15 is 0 Å². The molecule has 25 heavy (non-hydrogen) atoms. The highest BCUT2D eigenvalue weighted by atomic mass is 19.4. The van der Waals surface area contributed by atoms with E-state index in [1.807, 2.05) is 0 Å². The highest BCUT2D eigenvalue weighted by molar-refractivity contribution is 6.06. The fraction of sp³-hybridized carbons (Fsp3) is 0.556. The van der Waals surface area contributed by atoms with Gasteiger partial charge in [0.2, 0.25) is 11.8 Å². The molecular weight excluding hydrogens is 335 g/mol. The molecule has 1 unspecified atom stereocenters. The average Bonchev–Trinajstić information content (AvgIpc) is 3.08. The first-order chi connectivity index (χ1) is 11.7. The van der Waals surface area contributed by atoms with Gasteiger partial charge in [0.15, 0.2) is 0 Å². The van der Waals surface area contributed by atoms with Crippen LogP contribution in [0.15, 0.2) is 24.3 Å². The highest BCUT2D eigenvalue weighted by Crippen LogP contribution is 2.46. The minimum Gasteiger partial charge on any atom is -0.391 e. The number of alkyl halides is 3. The molecule has 0 aromatic heterocycles. The molecule has 1 atom stereocenters. The lowest BCUT2D eigenvalue weighted by Gasteiger charge is -2.23. The monoisotopic (exact) mass is 355 g/mol. The summed E-state index contributed by atoms with van der Waals surface area (Å²) in [5.74, 6) is -0.472. The second-order valence-electron chi connectivity index (χ2n) is 7.03. The number of nitrogens with zero attached hydrogens (tertiary/aromatic N) is 1. The molecular formula is C18H20F3NO3. The molecule has 136 valence electrons. The number of benzene rings is 1. The van der Waals surface area contributed by atoms with Crippen molar-refractivity contribution >= 4 is 11.8 Å². The van der Waals surface area contributed by atoms with Crippen LogP contribution in [-0.4, -0.2) is 34.5 Å². The lowest BCUT2D eigenvalue weighted by Crippen LogP contribution is -2.40. The first kappa shape index (κ1) is 17.9. The Morgan fingerprint density at radius 3 is 2.28 bits per heavy atom. The lowest BCUT2D eigenvalue weighted by atomic mass is 9.84. The van der Waals surface area contributed by atoms with E-state index in [9.17, 15) is 27.9 Å². The molecule has 1 aliphatic heterocycles. The lowest BCUT2D eigenvalue weighted by molar-refractivity contribution is -0.143. The van der Waals surface area contributed by atoms with E-state index in [0.717, 1.165) is 29.9 Å². The predicted molar refractivity (Wildman–Crippen MR) is 83.4 cm³/mol. The number of β-amino-alcohol motifs (C(OH)–C–C–N with tert-alkyl or cyclic N) is 1. The van der Waals surface area contributed by atoms with Crippen molar-refractivity contribution in [2.45, 2.75) is 50.8 Å². The van der Waals surface area contributed by atoms with Gasteiger partial charge in [0.25, 0.3) is 0 Å². The van der Waals surface area contributed by atoms with Crippen molar-refractivity contribution in [2.24, 2.45) is 5.41 Å². The van der Waals surface area contributed by atoms with E-state index in [-0.39, 0.29) is 31.2 Å². The van der Waals surface area contributed by atoms with Crippen LogP contribution in [0.25, 0.3) is 0 Å². The number of rotatable bonds is 4. The van der Waals surface area contributed by atoms with E-state index in [1.165, 1.54) is 12.1 Å². The third-order valence-corrected chi connectivity index (χ3v) is 5.20. The molecule has 1 heterocycles. The minimum atomic E-state index is -4.40. The molecule has 3 rings (SSSR count). The van der Waals surface area contributed by atoms with Crippen molar-refractivity contribution in [3.8, 4) is 0 Å². The van der Waals surface area contributed by atoms with Crippen molar-refractivity contribution < 1.29 is 27.9 Å². The zero-order valence-corrected chi connectivity index (χ0v) is 13.7. The summed E-state index contributed by atoms with van der Waals surface area (Å²) in [6.07, 6.45) is -1.82. The topological polar surface area (TPSA) is 57.6 Å². The molecule has 1 saturated carbocycles. The van der Waals surface area contributed by atoms with Crippen LogP contribution in [0.2, 0.25) is 0 Å². The Hall–Kier alpha value is -1.89. The number of imide groups is 1. The van der Waals surface area contributed by atoms with E-state index in [2.05, 4.69) is 0 Å². The number of carbonyl (C=O) groups is 2. The smallest absolute Gasteiger partial charge is 0.391 e. The zero-order valence-electron chi connectivity index (χ0n) is 13.7. The second-order valence-corrected chi connectivity index (χ2v) is 7.03. The van der Waals surface area contributed by atoms with Gasteiger partial charge in [-0.3, -0.25) is 14.5 Å². The fourth-order valence-electron chi connectivity index (χ4n) is 3.86. The SMILES string of the molecule is O=C1CC2(CCCC2)C(=O)N1CC(O)Cc1ccc(C(F)(F)F)cc1. The number of likely N-dealkylation sites (tertiary alicyclic amines) is 1. The highest BCUT2D eigenvalue weighted by Gasteiger charge is 2.52. The number of aliphatic hydroxyl groups excluding tert-OH is 1. The second kappa shape index (κ2) is 6.44.